The molecule has 2 aromatic heterocycles. The maximum atomic E-state index is 11.6. The monoisotopic (exact) mass is 319 g/mol. The van der Waals surface area contributed by atoms with Gasteiger partial charge in [0.15, 0.2) is 5.13 Å². The third kappa shape index (κ3) is 4.27. The average Bonchev–Trinajstić information content (AvgIpc) is 3.04. The van der Waals surface area contributed by atoms with Crippen LogP contribution in [0.25, 0.3) is 12.2 Å². The van der Waals surface area contributed by atoms with Crippen LogP contribution in [0.3, 0.4) is 0 Å². The maximum absolute atomic E-state index is 11.6. The number of oxazole rings is 1. The van der Waals surface area contributed by atoms with E-state index in [1.54, 1.807) is 18.5 Å². The Morgan fingerprint density at radius 2 is 2.00 bits per heavy atom. The minimum Gasteiger partial charge on any atom is -0.441 e. The van der Waals surface area contributed by atoms with E-state index in [1.807, 2.05) is 19.9 Å². The van der Waals surface area contributed by atoms with Crippen LogP contribution in [-0.4, -0.2) is 15.9 Å². The lowest BCUT2D eigenvalue weighted by Gasteiger charge is -2.12. The Balaban J connectivity index is 2.03. The summed E-state index contributed by atoms with van der Waals surface area (Å²) in [6.07, 6.45) is 7.14. The zero-order valence-corrected chi connectivity index (χ0v) is 14.3. The third-order valence-electron chi connectivity index (χ3n) is 2.93. The van der Waals surface area contributed by atoms with Gasteiger partial charge in [0.25, 0.3) is 0 Å². The van der Waals surface area contributed by atoms with Crippen molar-refractivity contribution in [1.82, 2.24) is 9.97 Å². The average molecular weight is 319 g/mol. The SMILES string of the molecule is CC(C)C(=O)Nc1ncc(/C=C/c2ncc(C(C)(C)C)o2)s1. The highest BCUT2D eigenvalue weighted by Gasteiger charge is 2.18. The number of nitrogens with one attached hydrogen (secondary N) is 1. The van der Waals surface area contributed by atoms with Gasteiger partial charge in [0.2, 0.25) is 11.8 Å². The Morgan fingerprint density at radius 3 is 2.59 bits per heavy atom. The minimum atomic E-state index is -0.0639. The number of aromatic nitrogens is 2. The van der Waals surface area contributed by atoms with Gasteiger partial charge in [-0.2, -0.15) is 0 Å². The van der Waals surface area contributed by atoms with Gasteiger partial charge in [-0.15, -0.1) is 0 Å². The fraction of sp³-hybridized carbons (Fsp3) is 0.438. The smallest absolute Gasteiger partial charge is 0.228 e. The van der Waals surface area contributed by atoms with Crippen LogP contribution in [-0.2, 0) is 10.2 Å². The van der Waals surface area contributed by atoms with E-state index >= 15 is 0 Å². The van der Waals surface area contributed by atoms with Gasteiger partial charge in [-0.05, 0) is 6.08 Å². The number of thiazole rings is 1. The van der Waals surface area contributed by atoms with Crippen molar-refractivity contribution in [3.05, 3.63) is 28.9 Å². The summed E-state index contributed by atoms with van der Waals surface area (Å²) in [4.78, 5) is 21.0. The number of anilines is 1. The maximum Gasteiger partial charge on any atom is 0.228 e. The molecule has 0 aliphatic rings. The van der Waals surface area contributed by atoms with Gasteiger partial charge in [-0.25, -0.2) is 9.97 Å². The van der Waals surface area contributed by atoms with Gasteiger partial charge < -0.3 is 9.73 Å². The molecule has 0 atom stereocenters. The van der Waals surface area contributed by atoms with Crippen molar-refractivity contribution < 1.29 is 9.21 Å². The topological polar surface area (TPSA) is 68.0 Å². The Bertz CT molecular complexity index is 678. The van der Waals surface area contributed by atoms with Gasteiger partial charge in [-0.1, -0.05) is 46.0 Å². The molecule has 0 spiro atoms. The molecule has 1 amide bonds. The van der Waals surface area contributed by atoms with Crippen LogP contribution < -0.4 is 5.32 Å². The van der Waals surface area contributed by atoms with Crippen molar-refractivity contribution in [3.63, 3.8) is 0 Å². The van der Waals surface area contributed by atoms with Crippen molar-refractivity contribution in [2.24, 2.45) is 5.92 Å². The minimum absolute atomic E-state index is 0.0348. The molecule has 0 fully saturated rings. The molecule has 0 unspecified atom stereocenters. The standard InChI is InChI=1S/C16H21N3O2S/c1-10(2)14(20)19-15-18-8-11(22-15)6-7-13-17-9-12(21-13)16(3,4)5/h6-10H,1-5H3,(H,18,19,20)/b7-6+. The quantitative estimate of drug-likeness (QED) is 0.917. The molecular weight excluding hydrogens is 298 g/mol. The molecule has 0 aliphatic carbocycles. The summed E-state index contributed by atoms with van der Waals surface area (Å²) in [5, 5.41) is 3.38. The highest BCUT2D eigenvalue weighted by atomic mass is 32.1. The van der Waals surface area contributed by atoms with Crippen LogP contribution in [0.1, 0.15) is 51.1 Å². The molecule has 6 heteroatoms. The Kier molecular flexibility index (Phi) is 4.81. The van der Waals surface area contributed by atoms with Gasteiger partial charge in [0.1, 0.15) is 5.76 Å². The number of hydrogen-bond donors (Lipinski definition) is 1. The highest BCUT2D eigenvalue weighted by molar-refractivity contribution is 7.16. The Labute approximate surface area is 134 Å². The second-order valence-corrected chi connectivity index (χ2v) is 7.42. The molecule has 2 aromatic rings. The van der Waals surface area contributed by atoms with Crippen LogP contribution in [0.5, 0.6) is 0 Å². The summed E-state index contributed by atoms with van der Waals surface area (Å²) in [6, 6.07) is 0. The van der Waals surface area contributed by atoms with Crippen molar-refractivity contribution >= 4 is 34.5 Å². The van der Waals surface area contributed by atoms with Crippen LogP contribution in [0.15, 0.2) is 16.8 Å². The third-order valence-corrected chi connectivity index (χ3v) is 3.81. The molecule has 0 radical (unpaired) electrons. The summed E-state index contributed by atoms with van der Waals surface area (Å²) in [5.41, 5.74) is -0.0577. The van der Waals surface area contributed by atoms with E-state index in [9.17, 15) is 4.79 Å². The molecule has 0 saturated carbocycles. The van der Waals surface area contributed by atoms with E-state index in [0.717, 1.165) is 10.6 Å². The zero-order chi connectivity index (χ0) is 16.3. The molecule has 0 bridgehead atoms. The van der Waals surface area contributed by atoms with E-state index in [4.69, 9.17) is 4.42 Å². The molecule has 22 heavy (non-hydrogen) atoms. The first-order valence-electron chi connectivity index (χ1n) is 7.17. The largest absolute Gasteiger partial charge is 0.441 e. The van der Waals surface area contributed by atoms with Crippen molar-refractivity contribution in [2.45, 2.75) is 40.0 Å². The molecule has 1 N–H and O–H groups in total. The number of rotatable bonds is 4. The van der Waals surface area contributed by atoms with Crippen LogP contribution in [0, 0.1) is 5.92 Å². The highest BCUT2D eigenvalue weighted by Crippen LogP contribution is 2.24. The zero-order valence-electron chi connectivity index (χ0n) is 13.5. The lowest BCUT2D eigenvalue weighted by atomic mass is 9.94. The number of hydrogen-bond acceptors (Lipinski definition) is 5. The molecule has 0 aromatic carbocycles. The predicted octanol–water partition coefficient (Wildman–Crippen LogP) is 4.19. The predicted molar refractivity (Wildman–Crippen MR) is 89.7 cm³/mol. The summed E-state index contributed by atoms with van der Waals surface area (Å²) in [5.74, 6) is 1.31. The van der Waals surface area contributed by atoms with E-state index < -0.39 is 0 Å². The first-order chi connectivity index (χ1) is 10.3. The van der Waals surface area contributed by atoms with Crippen molar-refractivity contribution in [3.8, 4) is 0 Å². The van der Waals surface area contributed by atoms with Crippen LogP contribution in [0.4, 0.5) is 5.13 Å². The molecule has 5 nitrogen and oxygen atoms in total. The van der Waals surface area contributed by atoms with Crippen molar-refractivity contribution in [1.29, 1.82) is 0 Å². The summed E-state index contributed by atoms with van der Waals surface area (Å²) >= 11 is 1.41. The van der Waals surface area contributed by atoms with E-state index in [0.29, 0.717) is 11.0 Å². The number of nitrogens with zero attached hydrogens (tertiary/aromatic N) is 2. The van der Waals surface area contributed by atoms with E-state index in [2.05, 4.69) is 36.1 Å². The van der Waals surface area contributed by atoms with Gasteiger partial charge in [-0.3, -0.25) is 4.79 Å². The fourth-order valence-electron chi connectivity index (χ4n) is 1.54. The van der Waals surface area contributed by atoms with Crippen LogP contribution >= 0.6 is 11.3 Å². The van der Waals surface area contributed by atoms with Gasteiger partial charge in [0, 0.05) is 28.5 Å². The summed E-state index contributed by atoms with van der Waals surface area (Å²) < 4.78 is 5.69. The second-order valence-electron chi connectivity index (χ2n) is 6.36. The lowest BCUT2D eigenvalue weighted by Crippen LogP contribution is -2.17. The van der Waals surface area contributed by atoms with E-state index in [1.165, 1.54) is 11.3 Å². The number of carbonyl (C=O) groups is 1. The van der Waals surface area contributed by atoms with Crippen LogP contribution in [0.2, 0.25) is 0 Å². The molecule has 2 heterocycles. The van der Waals surface area contributed by atoms with Gasteiger partial charge >= 0.3 is 0 Å². The second kappa shape index (κ2) is 6.44. The van der Waals surface area contributed by atoms with Crippen molar-refractivity contribution in [2.75, 3.05) is 5.32 Å². The lowest BCUT2D eigenvalue weighted by molar-refractivity contribution is -0.118. The fourth-order valence-corrected chi connectivity index (χ4v) is 2.26. The number of amides is 1. The summed E-state index contributed by atoms with van der Waals surface area (Å²) in [7, 11) is 0. The molecule has 0 aliphatic heterocycles. The molecular formula is C16H21N3O2S. The first kappa shape index (κ1) is 16.4. The first-order valence-corrected chi connectivity index (χ1v) is 7.98. The molecule has 2 rings (SSSR count). The molecule has 118 valence electrons. The molecule has 0 saturated heterocycles. The Hall–Kier alpha value is -1.95. The Morgan fingerprint density at radius 1 is 1.27 bits per heavy atom. The summed E-state index contributed by atoms with van der Waals surface area (Å²) in [6.45, 7) is 9.92. The number of carbonyl (C=O) groups excluding carboxylic acids is 1. The van der Waals surface area contributed by atoms with E-state index in [-0.39, 0.29) is 17.2 Å². The van der Waals surface area contributed by atoms with Gasteiger partial charge in [0.05, 0.1) is 6.20 Å². The normalized spacial score (nSPS) is 12.3.